The molecular weight excluding hydrogens is 368 g/mol. The highest BCUT2D eigenvalue weighted by Gasteiger charge is 2.32. The number of nitrogens with zero attached hydrogens (tertiary/aromatic N) is 2. The van der Waals surface area contributed by atoms with E-state index in [-0.39, 0.29) is 17.2 Å². The van der Waals surface area contributed by atoms with Crippen molar-refractivity contribution >= 4 is 21.4 Å². The summed E-state index contributed by atoms with van der Waals surface area (Å²) in [5, 5.41) is 10.9. The van der Waals surface area contributed by atoms with Crippen LogP contribution in [0.4, 0.5) is 11.4 Å². The molecule has 0 aliphatic heterocycles. The number of aryl methyl sites for hydroxylation is 2. The molecule has 2 aromatic carbocycles. The molecule has 146 valence electrons. The number of nitro benzene ring substituents is 1. The van der Waals surface area contributed by atoms with E-state index in [2.05, 4.69) is 0 Å². The van der Waals surface area contributed by atoms with E-state index in [9.17, 15) is 18.5 Å². The second-order valence-electron chi connectivity index (χ2n) is 6.29. The van der Waals surface area contributed by atoms with Gasteiger partial charge in [-0.25, -0.2) is 8.42 Å². The first-order chi connectivity index (χ1) is 12.7. The van der Waals surface area contributed by atoms with Crippen molar-refractivity contribution in [1.29, 1.82) is 0 Å². The average molecular weight is 392 g/mol. The molecule has 0 fully saturated rings. The third-order valence-electron chi connectivity index (χ3n) is 4.34. The maximum Gasteiger partial charge on any atom is 0.269 e. The van der Waals surface area contributed by atoms with Gasteiger partial charge >= 0.3 is 0 Å². The Morgan fingerprint density at radius 2 is 1.81 bits per heavy atom. The first-order valence-electron chi connectivity index (χ1n) is 8.60. The number of hydrogen-bond donors (Lipinski definition) is 0. The standard InChI is InChI=1S/C19H24N2O5S/c1-5-16-8-6-7-14(2)19(16)20(15(3)13-26-4)27(24,25)18-11-9-17(10-12-18)21(22)23/h6-12,15H,5,13H2,1-4H3/t15-/m0/s1. The number of sulfonamides is 1. The highest BCUT2D eigenvalue weighted by molar-refractivity contribution is 7.92. The van der Waals surface area contributed by atoms with Crippen LogP contribution in [0.1, 0.15) is 25.0 Å². The van der Waals surface area contributed by atoms with Crippen LogP contribution < -0.4 is 4.31 Å². The van der Waals surface area contributed by atoms with Crippen LogP contribution >= 0.6 is 0 Å². The Balaban J connectivity index is 2.65. The summed E-state index contributed by atoms with van der Waals surface area (Å²) in [6.45, 7) is 5.82. The third kappa shape index (κ3) is 4.28. The Hall–Kier alpha value is -2.45. The lowest BCUT2D eigenvalue weighted by Gasteiger charge is -2.33. The summed E-state index contributed by atoms with van der Waals surface area (Å²) in [7, 11) is -2.42. The van der Waals surface area contributed by atoms with Crippen LogP contribution in [0.25, 0.3) is 0 Å². The molecule has 0 aliphatic carbocycles. The fraction of sp³-hybridized carbons (Fsp3) is 0.368. The molecule has 0 saturated carbocycles. The molecule has 27 heavy (non-hydrogen) atoms. The Morgan fingerprint density at radius 3 is 2.33 bits per heavy atom. The van der Waals surface area contributed by atoms with Gasteiger partial charge in [-0.3, -0.25) is 14.4 Å². The van der Waals surface area contributed by atoms with Gasteiger partial charge in [0.2, 0.25) is 0 Å². The summed E-state index contributed by atoms with van der Waals surface area (Å²) >= 11 is 0. The molecule has 0 unspecified atom stereocenters. The summed E-state index contributed by atoms with van der Waals surface area (Å²) < 4.78 is 33.5. The minimum Gasteiger partial charge on any atom is -0.383 e. The lowest BCUT2D eigenvalue weighted by Crippen LogP contribution is -2.42. The van der Waals surface area contributed by atoms with Crippen molar-refractivity contribution < 1.29 is 18.1 Å². The number of non-ortho nitro benzene ring substituents is 1. The minimum atomic E-state index is -3.94. The van der Waals surface area contributed by atoms with Gasteiger partial charge in [-0.15, -0.1) is 0 Å². The normalized spacial score (nSPS) is 12.6. The van der Waals surface area contributed by atoms with Crippen molar-refractivity contribution in [1.82, 2.24) is 0 Å². The predicted octanol–water partition coefficient (Wildman–Crippen LogP) is 3.70. The summed E-state index contributed by atoms with van der Waals surface area (Å²) in [6, 6.07) is 10.1. The van der Waals surface area contributed by atoms with E-state index in [1.54, 1.807) is 6.92 Å². The van der Waals surface area contributed by atoms with Gasteiger partial charge in [-0.05, 0) is 43.5 Å². The number of methoxy groups -OCH3 is 1. The van der Waals surface area contributed by atoms with Crippen LogP contribution in [0.2, 0.25) is 0 Å². The second kappa shape index (κ2) is 8.49. The highest BCUT2D eigenvalue weighted by Crippen LogP contribution is 2.33. The van der Waals surface area contributed by atoms with Crippen LogP contribution in [-0.4, -0.2) is 33.1 Å². The van der Waals surface area contributed by atoms with Gasteiger partial charge in [0.1, 0.15) is 0 Å². The average Bonchev–Trinajstić information content (AvgIpc) is 2.63. The van der Waals surface area contributed by atoms with E-state index in [0.717, 1.165) is 11.1 Å². The van der Waals surface area contributed by atoms with E-state index in [4.69, 9.17) is 4.74 Å². The molecule has 7 nitrogen and oxygen atoms in total. The summed E-state index contributed by atoms with van der Waals surface area (Å²) in [6.07, 6.45) is 0.670. The fourth-order valence-electron chi connectivity index (χ4n) is 3.06. The molecule has 1 atom stereocenters. The summed E-state index contributed by atoms with van der Waals surface area (Å²) in [4.78, 5) is 10.3. The van der Waals surface area contributed by atoms with E-state index in [1.807, 2.05) is 32.0 Å². The molecule has 0 heterocycles. The maximum absolute atomic E-state index is 13.5. The second-order valence-corrected chi connectivity index (χ2v) is 8.11. The largest absolute Gasteiger partial charge is 0.383 e. The lowest BCUT2D eigenvalue weighted by molar-refractivity contribution is -0.384. The monoisotopic (exact) mass is 392 g/mol. The molecular formula is C19H24N2O5S. The third-order valence-corrected chi connectivity index (χ3v) is 6.26. The Labute approximate surface area is 159 Å². The number of benzene rings is 2. The topological polar surface area (TPSA) is 89.8 Å². The van der Waals surface area contributed by atoms with E-state index >= 15 is 0 Å². The number of anilines is 1. The van der Waals surface area contributed by atoms with Crippen molar-refractivity contribution in [2.24, 2.45) is 0 Å². The van der Waals surface area contributed by atoms with Crippen LogP contribution in [0.15, 0.2) is 47.4 Å². The van der Waals surface area contributed by atoms with Gasteiger partial charge in [-0.2, -0.15) is 0 Å². The fourth-order valence-corrected chi connectivity index (χ4v) is 4.80. The zero-order chi connectivity index (χ0) is 20.2. The predicted molar refractivity (Wildman–Crippen MR) is 105 cm³/mol. The van der Waals surface area contributed by atoms with E-state index < -0.39 is 21.0 Å². The maximum atomic E-state index is 13.5. The smallest absolute Gasteiger partial charge is 0.269 e. The zero-order valence-electron chi connectivity index (χ0n) is 15.9. The first kappa shape index (κ1) is 20.9. The lowest BCUT2D eigenvalue weighted by atomic mass is 10.1. The zero-order valence-corrected chi connectivity index (χ0v) is 16.7. The Bertz CT molecular complexity index is 910. The molecule has 0 N–H and O–H groups in total. The molecule has 2 aromatic rings. The van der Waals surface area contributed by atoms with Crippen molar-refractivity contribution in [2.75, 3.05) is 18.0 Å². The van der Waals surface area contributed by atoms with Crippen molar-refractivity contribution in [3.63, 3.8) is 0 Å². The SMILES string of the molecule is CCc1cccc(C)c1N([C@@H](C)COC)S(=O)(=O)c1ccc([N+](=O)[O-])cc1. The number of para-hydroxylation sites is 1. The van der Waals surface area contributed by atoms with Crippen molar-refractivity contribution in [3.05, 3.63) is 63.7 Å². The first-order valence-corrected chi connectivity index (χ1v) is 10.0. The van der Waals surface area contributed by atoms with Gasteiger partial charge in [0.25, 0.3) is 15.7 Å². The van der Waals surface area contributed by atoms with Gasteiger partial charge in [0, 0.05) is 19.2 Å². The molecule has 0 aromatic heterocycles. The Kier molecular flexibility index (Phi) is 6.56. The van der Waals surface area contributed by atoms with Gasteiger partial charge < -0.3 is 4.74 Å². The van der Waals surface area contributed by atoms with Gasteiger partial charge in [-0.1, -0.05) is 25.1 Å². The van der Waals surface area contributed by atoms with Crippen LogP contribution in [0.3, 0.4) is 0 Å². The van der Waals surface area contributed by atoms with Crippen LogP contribution in [-0.2, 0) is 21.2 Å². The van der Waals surface area contributed by atoms with Gasteiger partial charge in [0.15, 0.2) is 0 Å². The molecule has 0 aliphatic rings. The molecule has 0 saturated heterocycles. The molecule has 8 heteroatoms. The van der Waals surface area contributed by atoms with E-state index in [1.165, 1.54) is 35.7 Å². The number of rotatable bonds is 8. The summed E-state index contributed by atoms with van der Waals surface area (Å²) in [5.41, 5.74) is 2.21. The quantitative estimate of drug-likeness (QED) is 0.505. The molecule has 2 rings (SSSR count). The van der Waals surface area contributed by atoms with Crippen molar-refractivity contribution in [2.45, 2.75) is 38.1 Å². The molecule has 0 spiro atoms. The molecule has 0 radical (unpaired) electrons. The van der Waals surface area contributed by atoms with Gasteiger partial charge in [0.05, 0.1) is 28.2 Å². The molecule has 0 amide bonds. The highest BCUT2D eigenvalue weighted by atomic mass is 32.2. The summed E-state index contributed by atoms with van der Waals surface area (Å²) in [5.74, 6) is 0. The minimum absolute atomic E-state index is 0.00126. The Morgan fingerprint density at radius 1 is 1.19 bits per heavy atom. The number of hydrogen-bond acceptors (Lipinski definition) is 5. The van der Waals surface area contributed by atoms with Crippen molar-refractivity contribution in [3.8, 4) is 0 Å². The number of nitro groups is 1. The number of ether oxygens (including phenoxy) is 1. The van der Waals surface area contributed by atoms with Crippen LogP contribution in [0, 0.1) is 17.0 Å². The molecule has 0 bridgehead atoms. The van der Waals surface area contributed by atoms with E-state index in [0.29, 0.717) is 12.1 Å². The van der Waals surface area contributed by atoms with Crippen LogP contribution in [0.5, 0.6) is 0 Å².